The molecule has 5 rings (SSSR count). The van der Waals surface area contributed by atoms with Gasteiger partial charge in [-0.1, -0.05) is 74.5 Å². The number of carbonyl (C=O) groups is 2. The first kappa shape index (κ1) is 24.5. The molecule has 0 atom stereocenters. The maximum Gasteiger partial charge on any atom is 0.233 e. The molecule has 1 aliphatic heterocycles. The Bertz CT molecular complexity index is 1450. The van der Waals surface area contributed by atoms with Gasteiger partial charge in [0.25, 0.3) is 0 Å². The number of hydrogen-bond acceptors (Lipinski definition) is 4. The van der Waals surface area contributed by atoms with Crippen molar-refractivity contribution in [3.63, 3.8) is 0 Å². The minimum absolute atomic E-state index is 0.0157. The van der Waals surface area contributed by atoms with Crippen molar-refractivity contribution in [3.8, 4) is 11.4 Å². The van der Waals surface area contributed by atoms with Gasteiger partial charge in [0.1, 0.15) is 11.6 Å². The van der Waals surface area contributed by atoms with Gasteiger partial charge in [-0.15, -0.1) is 0 Å². The zero-order valence-electron chi connectivity index (χ0n) is 20.9. The van der Waals surface area contributed by atoms with Crippen molar-refractivity contribution in [3.05, 3.63) is 113 Å². The summed E-state index contributed by atoms with van der Waals surface area (Å²) in [6, 6.07) is 21.7. The molecule has 0 fully saturated rings. The van der Waals surface area contributed by atoms with Crippen molar-refractivity contribution in [2.45, 2.75) is 45.6 Å². The zero-order chi connectivity index (χ0) is 25.9. The number of aromatic nitrogens is 2. The van der Waals surface area contributed by atoms with E-state index in [4.69, 9.17) is 4.98 Å². The van der Waals surface area contributed by atoms with Gasteiger partial charge in [-0.25, -0.2) is 14.4 Å². The Labute approximate surface area is 216 Å². The van der Waals surface area contributed by atoms with Gasteiger partial charge in [0, 0.05) is 29.3 Å². The van der Waals surface area contributed by atoms with Crippen LogP contribution in [0.3, 0.4) is 0 Å². The van der Waals surface area contributed by atoms with Crippen LogP contribution in [0.4, 0.5) is 10.2 Å². The molecule has 6 heteroatoms. The van der Waals surface area contributed by atoms with Gasteiger partial charge in [-0.3, -0.25) is 14.5 Å². The van der Waals surface area contributed by atoms with Crippen LogP contribution in [0, 0.1) is 5.82 Å². The Morgan fingerprint density at radius 1 is 0.973 bits per heavy atom. The van der Waals surface area contributed by atoms with Crippen LogP contribution in [0.15, 0.2) is 79.0 Å². The second-order valence-corrected chi connectivity index (χ2v) is 9.69. The number of Topliss-reactive ketones (excluding diaryl/α,β-unsaturated/α-hetero) is 1. The van der Waals surface area contributed by atoms with Crippen LogP contribution in [0.1, 0.15) is 58.8 Å². The normalized spacial score (nSPS) is 12.8. The Balaban J connectivity index is 1.30. The lowest BCUT2D eigenvalue weighted by molar-refractivity contribution is -0.117. The first-order valence-electron chi connectivity index (χ1n) is 12.5. The SMILES string of the molecule is CC(C)c1ccccc1-c1ncc2c(n1)N(Cc1ccc(C(=O)CCc3ccc(F)cc3)cc1)C(=O)C2. The van der Waals surface area contributed by atoms with Crippen molar-refractivity contribution < 1.29 is 14.0 Å². The van der Waals surface area contributed by atoms with Crippen molar-refractivity contribution in [1.82, 2.24) is 9.97 Å². The lowest BCUT2D eigenvalue weighted by Crippen LogP contribution is -2.26. The van der Waals surface area contributed by atoms with Crippen molar-refractivity contribution in [2.75, 3.05) is 4.90 Å². The third-order valence-electron chi connectivity index (χ3n) is 6.73. The molecule has 1 aromatic heterocycles. The molecule has 5 nitrogen and oxygen atoms in total. The molecule has 37 heavy (non-hydrogen) atoms. The molecule has 4 aromatic rings. The van der Waals surface area contributed by atoms with Gasteiger partial charge in [0.15, 0.2) is 11.6 Å². The van der Waals surface area contributed by atoms with E-state index >= 15 is 0 Å². The quantitative estimate of drug-likeness (QED) is 0.270. The number of hydrogen-bond donors (Lipinski definition) is 0. The summed E-state index contributed by atoms with van der Waals surface area (Å²) >= 11 is 0. The predicted molar refractivity (Wildman–Crippen MR) is 142 cm³/mol. The number of fused-ring (bicyclic) bond motifs is 1. The summed E-state index contributed by atoms with van der Waals surface area (Å²) in [5, 5.41) is 0. The molecular formula is C31H28FN3O2. The zero-order valence-corrected chi connectivity index (χ0v) is 20.9. The molecule has 0 aliphatic carbocycles. The summed E-state index contributed by atoms with van der Waals surface area (Å²) in [5.41, 5.74) is 5.42. The van der Waals surface area contributed by atoms with Crippen LogP contribution in [-0.4, -0.2) is 21.7 Å². The Kier molecular flexibility index (Phi) is 6.91. The fraction of sp³-hybridized carbons (Fsp3) is 0.226. The maximum absolute atomic E-state index is 13.1. The smallest absolute Gasteiger partial charge is 0.233 e. The summed E-state index contributed by atoms with van der Waals surface area (Å²) in [6.07, 6.45) is 2.94. The van der Waals surface area contributed by atoms with E-state index < -0.39 is 0 Å². The summed E-state index contributed by atoms with van der Waals surface area (Å²) in [7, 11) is 0. The molecule has 0 N–H and O–H groups in total. The first-order valence-corrected chi connectivity index (χ1v) is 12.5. The van der Waals surface area contributed by atoms with E-state index in [1.54, 1.807) is 35.4 Å². The van der Waals surface area contributed by atoms with Crippen molar-refractivity contribution >= 4 is 17.5 Å². The van der Waals surface area contributed by atoms with Crippen LogP contribution in [0.2, 0.25) is 0 Å². The number of benzene rings is 3. The summed E-state index contributed by atoms with van der Waals surface area (Å²) in [4.78, 5) is 36.6. The highest BCUT2D eigenvalue weighted by Crippen LogP contribution is 2.32. The highest BCUT2D eigenvalue weighted by Gasteiger charge is 2.30. The van der Waals surface area contributed by atoms with Gasteiger partial charge < -0.3 is 0 Å². The Hall–Kier alpha value is -4.19. The fourth-order valence-electron chi connectivity index (χ4n) is 4.66. The number of rotatable bonds is 8. The van der Waals surface area contributed by atoms with E-state index in [-0.39, 0.29) is 23.9 Å². The molecular weight excluding hydrogens is 465 g/mol. The van der Waals surface area contributed by atoms with E-state index in [1.165, 1.54) is 12.1 Å². The second kappa shape index (κ2) is 10.4. The maximum atomic E-state index is 13.1. The van der Waals surface area contributed by atoms with Gasteiger partial charge in [0.2, 0.25) is 5.91 Å². The van der Waals surface area contributed by atoms with Gasteiger partial charge >= 0.3 is 0 Å². The average Bonchev–Trinajstić information content (AvgIpc) is 3.22. The summed E-state index contributed by atoms with van der Waals surface area (Å²) in [5.74, 6) is 1.31. The molecule has 3 aromatic carbocycles. The standard InChI is InChI=1S/C31H28FN3O2/c1-20(2)26-5-3-4-6-27(26)30-33-18-24-17-29(37)35(31(24)34-30)19-22-7-12-23(13-8-22)28(36)16-11-21-9-14-25(32)15-10-21/h3-10,12-15,18,20H,11,16-17,19H2,1-2H3. The lowest BCUT2D eigenvalue weighted by atomic mass is 9.97. The summed E-state index contributed by atoms with van der Waals surface area (Å²) in [6.45, 7) is 4.65. The number of aryl methyl sites for hydroxylation is 1. The first-order chi connectivity index (χ1) is 17.9. The van der Waals surface area contributed by atoms with Crippen molar-refractivity contribution in [2.24, 2.45) is 0 Å². The minimum atomic E-state index is -0.284. The molecule has 0 radical (unpaired) electrons. The number of nitrogens with zero attached hydrogens (tertiary/aromatic N) is 3. The molecule has 1 amide bonds. The number of carbonyl (C=O) groups excluding carboxylic acids is 2. The highest BCUT2D eigenvalue weighted by atomic mass is 19.1. The number of anilines is 1. The van der Waals surface area contributed by atoms with E-state index in [1.807, 2.05) is 30.3 Å². The van der Waals surface area contributed by atoms with Crippen LogP contribution in [0.25, 0.3) is 11.4 Å². The van der Waals surface area contributed by atoms with Gasteiger partial charge in [0.05, 0.1) is 13.0 Å². The summed E-state index contributed by atoms with van der Waals surface area (Å²) < 4.78 is 13.1. The Morgan fingerprint density at radius 2 is 1.68 bits per heavy atom. The minimum Gasteiger partial charge on any atom is -0.294 e. The largest absolute Gasteiger partial charge is 0.294 e. The van der Waals surface area contributed by atoms with Gasteiger partial charge in [-0.05, 0) is 41.2 Å². The Morgan fingerprint density at radius 3 is 2.41 bits per heavy atom. The lowest BCUT2D eigenvalue weighted by Gasteiger charge is -2.18. The molecule has 0 saturated heterocycles. The predicted octanol–water partition coefficient (Wildman–Crippen LogP) is 6.31. The van der Waals surface area contributed by atoms with Crippen molar-refractivity contribution in [1.29, 1.82) is 0 Å². The molecule has 0 saturated carbocycles. The average molecular weight is 494 g/mol. The van der Waals surface area contributed by atoms with E-state index in [9.17, 15) is 14.0 Å². The number of halogens is 1. The molecule has 186 valence electrons. The third-order valence-corrected chi connectivity index (χ3v) is 6.73. The van der Waals surface area contributed by atoms with Gasteiger partial charge in [-0.2, -0.15) is 0 Å². The highest BCUT2D eigenvalue weighted by molar-refractivity contribution is 6.00. The topological polar surface area (TPSA) is 63.2 Å². The van der Waals surface area contributed by atoms with Crippen LogP contribution >= 0.6 is 0 Å². The van der Waals surface area contributed by atoms with Crippen LogP contribution < -0.4 is 4.90 Å². The second-order valence-electron chi connectivity index (χ2n) is 9.69. The number of ketones is 1. The van der Waals surface area contributed by atoms with E-state index in [2.05, 4.69) is 24.9 Å². The fourth-order valence-corrected chi connectivity index (χ4v) is 4.66. The molecule has 1 aliphatic rings. The molecule has 0 bridgehead atoms. The molecule has 0 unspecified atom stereocenters. The molecule has 0 spiro atoms. The van der Waals surface area contributed by atoms with Crippen LogP contribution in [-0.2, 0) is 24.2 Å². The van der Waals surface area contributed by atoms with Crippen LogP contribution in [0.5, 0.6) is 0 Å². The number of amides is 1. The molecule has 2 heterocycles. The van der Waals surface area contributed by atoms with E-state index in [0.717, 1.165) is 27.8 Å². The third kappa shape index (κ3) is 5.33. The van der Waals surface area contributed by atoms with E-state index in [0.29, 0.717) is 42.5 Å². The monoisotopic (exact) mass is 493 g/mol.